The Kier molecular flexibility index (Phi) is 7.69. The molecule has 25 heavy (non-hydrogen) atoms. The quantitative estimate of drug-likeness (QED) is 0.507. The van der Waals surface area contributed by atoms with Crippen molar-refractivity contribution in [3.05, 3.63) is 28.7 Å². The highest BCUT2D eigenvalue weighted by molar-refractivity contribution is 8.13. The molecule has 0 aromatic carbocycles. The standard InChI is InChI=1S/C9H16N.C2F6NO4S2/c1-3-4-7-10(2)8-5-6-9-10;3-1(4,5)14(10,11)9-15(12,13)2(6,7)8/h5-6,8-9H,3-4,7H2,1-2H3;/q+1;-1. The summed E-state index contributed by atoms with van der Waals surface area (Å²) in [6.45, 7) is 3.47. The van der Waals surface area contributed by atoms with Crippen LogP contribution in [0.25, 0.3) is 4.13 Å². The van der Waals surface area contributed by atoms with Gasteiger partial charge in [0.25, 0.3) is 0 Å². The predicted octanol–water partition coefficient (Wildman–Crippen LogP) is 3.33. The number of rotatable bonds is 5. The van der Waals surface area contributed by atoms with Crippen LogP contribution in [0.3, 0.4) is 0 Å². The van der Waals surface area contributed by atoms with Gasteiger partial charge in [-0.2, -0.15) is 26.3 Å². The lowest BCUT2D eigenvalue weighted by Crippen LogP contribution is -2.30. The second-order valence-corrected chi connectivity index (χ2v) is 8.45. The molecule has 0 aromatic rings. The van der Waals surface area contributed by atoms with Crippen LogP contribution in [0.2, 0.25) is 0 Å². The highest BCUT2D eigenvalue weighted by Crippen LogP contribution is 2.36. The van der Waals surface area contributed by atoms with E-state index in [0.717, 1.165) is 8.61 Å². The van der Waals surface area contributed by atoms with Crippen LogP contribution in [0, 0.1) is 0 Å². The Balaban J connectivity index is 0.000000496. The summed E-state index contributed by atoms with van der Waals surface area (Å²) in [6, 6.07) is 0. The predicted molar refractivity (Wildman–Crippen MR) is 77.5 cm³/mol. The molecule has 0 atom stereocenters. The number of quaternary nitrogens is 1. The highest BCUT2D eigenvalue weighted by Gasteiger charge is 2.46. The van der Waals surface area contributed by atoms with Gasteiger partial charge >= 0.3 is 11.0 Å². The van der Waals surface area contributed by atoms with Gasteiger partial charge in [0.1, 0.15) is 12.4 Å². The topological polar surface area (TPSA) is 82.4 Å². The number of allylic oxidation sites excluding steroid dienone is 2. The van der Waals surface area contributed by atoms with Crippen LogP contribution in [-0.4, -0.2) is 45.9 Å². The molecule has 1 aliphatic rings. The maximum Gasteiger partial charge on any atom is 0.480 e. The molecule has 1 aliphatic heterocycles. The summed E-state index contributed by atoms with van der Waals surface area (Å²) in [5.74, 6) is 0. The zero-order chi connectivity index (χ0) is 20.2. The van der Waals surface area contributed by atoms with Gasteiger partial charge in [-0.15, -0.1) is 0 Å². The SMILES string of the molecule is CCCC[N+]1(C)C=CC=C1.O=S(=O)([N-]S(=O)(=O)C(F)(F)F)C(F)(F)F. The summed E-state index contributed by atoms with van der Waals surface area (Å²) in [5.41, 5.74) is -12.4. The van der Waals surface area contributed by atoms with Gasteiger partial charge in [-0.25, -0.2) is 16.8 Å². The number of unbranched alkanes of at least 4 members (excludes halogenated alkanes) is 1. The van der Waals surface area contributed by atoms with Gasteiger partial charge in [0.2, 0.25) is 0 Å². The van der Waals surface area contributed by atoms with Crippen molar-refractivity contribution in [1.82, 2.24) is 0 Å². The average molecular weight is 418 g/mol. The lowest BCUT2D eigenvalue weighted by atomic mass is 10.3. The zero-order valence-electron chi connectivity index (χ0n) is 13.0. The number of sulfonamides is 2. The van der Waals surface area contributed by atoms with Gasteiger partial charge in [-0.05, 0) is 18.6 Å². The molecule has 0 unspecified atom stereocenters. The number of hydrogen-bond acceptors (Lipinski definition) is 4. The Labute approximate surface area is 141 Å². The van der Waals surface area contributed by atoms with Crippen molar-refractivity contribution in [2.45, 2.75) is 30.8 Å². The molecule has 0 saturated carbocycles. The summed E-state index contributed by atoms with van der Waals surface area (Å²) in [7, 11) is -11.2. The van der Waals surface area contributed by atoms with E-state index in [2.05, 4.69) is 38.5 Å². The van der Waals surface area contributed by atoms with E-state index in [1.807, 2.05) is 0 Å². The van der Waals surface area contributed by atoms with Crippen LogP contribution in [0.15, 0.2) is 24.6 Å². The van der Waals surface area contributed by atoms with Gasteiger partial charge in [0.15, 0.2) is 20.0 Å². The van der Waals surface area contributed by atoms with Gasteiger partial charge in [-0.1, -0.05) is 13.3 Å². The first-order chi connectivity index (χ1) is 11.0. The summed E-state index contributed by atoms with van der Waals surface area (Å²) >= 11 is 0. The van der Waals surface area contributed by atoms with Gasteiger partial charge in [-0.3, -0.25) is 4.48 Å². The summed E-state index contributed by atoms with van der Waals surface area (Å²) in [5, 5.41) is 0. The van der Waals surface area contributed by atoms with Crippen LogP contribution >= 0.6 is 0 Å². The Morgan fingerprint density at radius 3 is 1.52 bits per heavy atom. The molecule has 148 valence electrons. The van der Waals surface area contributed by atoms with E-state index < -0.39 is 31.1 Å². The minimum atomic E-state index is -6.72. The maximum absolute atomic E-state index is 11.4. The minimum Gasteiger partial charge on any atom is -0.421 e. The normalized spacial score (nSPS) is 17.3. The van der Waals surface area contributed by atoms with Crippen molar-refractivity contribution in [3.8, 4) is 0 Å². The van der Waals surface area contributed by atoms with Crippen molar-refractivity contribution in [3.63, 3.8) is 0 Å². The first kappa shape index (κ1) is 23.9. The van der Waals surface area contributed by atoms with E-state index in [4.69, 9.17) is 0 Å². The fourth-order valence-electron chi connectivity index (χ4n) is 1.40. The molecule has 0 radical (unpaired) electrons. The lowest BCUT2D eigenvalue weighted by Gasteiger charge is -2.22. The number of alkyl halides is 6. The molecule has 0 spiro atoms. The molecule has 0 aliphatic carbocycles. The first-order valence-corrected chi connectivity index (χ1v) is 9.44. The molecule has 0 bridgehead atoms. The largest absolute Gasteiger partial charge is 0.480 e. The molecule has 1 heterocycles. The Hall–Kier alpha value is -1.12. The third-order valence-electron chi connectivity index (χ3n) is 2.74. The third-order valence-corrected chi connectivity index (χ3v) is 5.48. The van der Waals surface area contributed by atoms with Gasteiger partial charge in [0, 0.05) is 0 Å². The fourth-order valence-corrected chi connectivity index (χ4v) is 3.11. The summed E-state index contributed by atoms with van der Waals surface area (Å²) < 4.78 is 110. The lowest BCUT2D eigenvalue weighted by molar-refractivity contribution is -0.804. The Morgan fingerprint density at radius 2 is 1.24 bits per heavy atom. The van der Waals surface area contributed by atoms with Crippen molar-refractivity contribution in [2.75, 3.05) is 13.6 Å². The van der Waals surface area contributed by atoms with Crippen molar-refractivity contribution < 1.29 is 47.7 Å². The van der Waals surface area contributed by atoms with Crippen LogP contribution < -0.4 is 0 Å². The van der Waals surface area contributed by atoms with E-state index in [1.165, 1.54) is 19.4 Å². The summed E-state index contributed by atoms with van der Waals surface area (Å²) in [6.07, 6.45) is 11.3. The zero-order valence-corrected chi connectivity index (χ0v) is 14.7. The molecule has 0 aromatic heterocycles. The molecular formula is C11H16F6N2O4S2. The highest BCUT2D eigenvalue weighted by atomic mass is 32.3. The van der Waals surface area contributed by atoms with Crippen molar-refractivity contribution in [1.29, 1.82) is 0 Å². The molecule has 0 fully saturated rings. The van der Waals surface area contributed by atoms with Crippen molar-refractivity contribution >= 4 is 20.0 Å². The summed E-state index contributed by atoms with van der Waals surface area (Å²) in [4.78, 5) is 0. The molecule has 1 rings (SSSR count). The maximum atomic E-state index is 11.4. The molecule has 6 nitrogen and oxygen atoms in total. The van der Waals surface area contributed by atoms with E-state index in [9.17, 15) is 43.2 Å². The minimum absolute atomic E-state index is 0.778. The fraction of sp³-hybridized carbons (Fsp3) is 0.636. The van der Waals surface area contributed by atoms with Crippen LogP contribution in [0.1, 0.15) is 19.8 Å². The molecule has 0 N–H and O–H groups in total. The number of nitrogens with zero attached hydrogens (tertiary/aromatic N) is 2. The number of hydrogen-bond donors (Lipinski definition) is 0. The van der Waals surface area contributed by atoms with Crippen LogP contribution in [0.4, 0.5) is 26.3 Å². The number of halogens is 6. The van der Waals surface area contributed by atoms with Gasteiger partial charge < -0.3 is 4.13 Å². The van der Waals surface area contributed by atoms with E-state index in [-0.39, 0.29) is 0 Å². The van der Waals surface area contributed by atoms with Gasteiger partial charge in [0.05, 0.1) is 13.6 Å². The molecule has 0 amide bonds. The molecule has 14 heteroatoms. The average Bonchev–Trinajstić information content (AvgIpc) is 2.81. The van der Waals surface area contributed by atoms with Crippen LogP contribution in [0.5, 0.6) is 0 Å². The van der Waals surface area contributed by atoms with E-state index in [0.29, 0.717) is 0 Å². The Morgan fingerprint density at radius 1 is 0.880 bits per heavy atom. The Bertz CT molecular complexity index is 654. The van der Waals surface area contributed by atoms with E-state index >= 15 is 0 Å². The van der Waals surface area contributed by atoms with Crippen LogP contribution in [-0.2, 0) is 20.0 Å². The second-order valence-electron chi connectivity index (χ2n) is 5.02. The third kappa shape index (κ3) is 7.33. The molecular weight excluding hydrogens is 402 g/mol. The van der Waals surface area contributed by atoms with E-state index in [1.54, 1.807) is 0 Å². The van der Waals surface area contributed by atoms with Crippen molar-refractivity contribution in [2.24, 2.45) is 0 Å². The monoisotopic (exact) mass is 418 g/mol. The first-order valence-electron chi connectivity index (χ1n) is 6.56. The second kappa shape index (κ2) is 8.05. The smallest absolute Gasteiger partial charge is 0.421 e. The molecule has 0 saturated heterocycles.